The summed E-state index contributed by atoms with van der Waals surface area (Å²) in [5.41, 5.74) is 3.47. The van der Waals surface area contributed by atoms with Crippen molar-refractivity contribution < 1.29 is 14.3 Å². The first-order valence-corrected chi connectivity index (χ1v) is 11.7. The molecule has 0 aliphatic carbocycles. The number of hydrogen-bond donors (Lipinski definition) is 2. The molecular formula is C27H31BN4O3. The third-order valence-corrected chi connectivity index (χ3v) is 5.81. The van der Waals surface area contributed by atoms with E-state index >= 15 is 0 Å². The molecule has 0 atom stereocenters. The van der Waals surface area contributed by atoms with Crippen LogP contribution < -0.4 is 10.1 Å². The fourth-order valence-electron chi connectivity index (χ4n) is 3.79. The van der Waals surface area contributed by atoms with Crippen LogP contribution in [0.3, 0.4) is 0 Å². The fraction of sp³-hybridized carbons (Fsp3) is 0.370. The van der Waals surface area contributed by atoms with E-state index in [0.717, 1.165) is 32.9 Å². The molecule has 35 heavy (non-hydrogen) atoms. The molecule has 0 fully saturated rings. The number of amides is 1. The van der Waals surface area contributed by atoms with Gasteiger partial charge in [-0.05, 0) is 43.0 Å². The number of nitrogens with one attached hydrogen (secondary N) is 2. The Kier molecular flexibility index (Phi) is 7.12. The van der Waals surface area contributed by atoms with E-state index in [1.165, 1.54) is 0 Å². The molecule has 2 radical (unpaired) electrons. The number of aromatic amines is 1. The van der Waals surface area contributed by atoms with Gasteiger partial charge in [-0.15, -0.1) is 0 Å². The molecule has 0 saturated heterocycles. The minimum Gasteiger partial charge on any atom is -0.468 e. The summed E-state index contributed by atoms with van der Waals surface area (Å²) < 4.78 is 11.4. The first kappa shape index (κ1) is 24.7. The first-order valence-electron chi connectivity index (χ1n) is 11.7. The number of rotatable bonds is 10. The van der Waals surface area contributed by atoms with Crippen molar-refractivity contribution >= 4 is 35.6 Å². The molecule has 0 unspecified atom stereocenters. The quantitative estimate of drug-likeness (QED) is 0.329. The SMILES string of the molecule is [B]CC(C)(C)COCC(C)(C)NC(=O)COc1ccc(-c2ccc3c(c2)[nH]c2ccncc23)cn1. The predicted molar refractivity (Wildman–Crippen MR) is 140 cm³/mol. The van der Waals surface area contributed by atoms with Crippen molar-refractivity contribution in [2.75, 3.05) is 19.8 Å². The molecule has 0 saturated carbocycles. The molecule has 4 rings (SSSR count). The number of nitrogens with zero attached hydrogens (tertiary/aromatic N) is 2. The summed E-state index contributed by atoms with van der Waals surface area (Å²) in [5, 5.41) is 5.17. The lowest BCUT2D eigenvalue weighted by atomic mass is 9.80. The number of pyridine rings is 2. The molecule has 180 valence electrons. The third kappa shape index (κ3) is 6.19. The van der Waals surface area contributed by atoms with Crippen molar-refractivity contribution in [3.63, 3.8) is 0 Å². The Morgan fingerprint density at radius 1 is 1.00 bits per heavy atom. The van der Waals surface area contributed by atoms with Gasteiger partial charge in [0, 0.05) is 52.0 Å². The van der Waals surface area contributed by atoms with Crippen LogP contribution in [0.4, 0.5) is 0 Å². The lowest BCUT2D eigenvalue weighted by Gasteiger charge is -2.29. The highest BCUT2D eigenvalue weighted by atomic mass is 16.5. The zero-order valence-corrected chi connectivity index (χ0v) is 20.7. The van der Waals surface area contributed by atoms with Gasteiger partial charge in [0.2, 0.25) is 5.88 Å². The second-order valence-electron chi connectivity index (χ2n) is 10.3. The van der Waals surface area contributed by atoms with Gasteiger partial charge in [-0.3, -0.25) is 9.78 Å². The molecule has 4 aromatic rings. The van der Waals surface area contributed by atoms with E-state index in [0.29, 0.717) is 25.4 Å². The second-order valence-corrected chi connectivity index (χ2v) is 10.3. The topological polar surface area (TPSA) is 89.1 Å². The highest BCUT2D eigenvalue weighted by molar-refractivity contribution is 6.09. The monoisotopic (exact) mass is 470 g/mol. The summed E-state index contributed by atoms with van der Waals surface area (Å²) in [6.45, 7) is 8.69. The number of carbonyl (C=O) groups excluding carboxylic acids is 1. The van der Waals surface area contributed by atoms with Crippen molar-refractivity contribution in [3.8, 4) is 17.0 Å². The van der Waals surface area contributed by atoms with Crippen LogP contribution in [0.15, 0.2) is 55.0 Å². The molecule has 1 amide bonds. The molecule has 7 nitrogen and oxygen atoms in total. The Morgan fingerprint density at radius 2 is 1.80 bits per heavy atom. The Balaban J connectivity index is 1.32. The van der Waals surface area contributed by atoms with Gasteiger partial charge in [-0.25, -0.2) is 4.98 Å². The number of carbonyl (C=O) groups is 1. The maximum atomic E-state index is 12.4. The van der Waals surface area contributed by atoms with E-state index in [4.69, 9.17) is 17.3 Å². The van der Waals surface area contributed by atoms with E-state index in [1.807, 2.05) is 46.0 Å². The standard InChI is InChI=1S/C27H31BN4O3/c1-26(2,15-28)16-34-17-27(3,4)32-24(33)14-35-25-8-6-19(12-30-25)18-5-7-20-21-13-29-10-9-22(21)31-23(20)11-18/h5-13,31H,14-17H2,1-4H3,(H,32,33). The number of aromatic nitrogens is 3. The van der Waals surface area contributed by atoms with Gasteiger partial charge in [0.1, 0.15) is 0 Å². The van der Waals surface area contributed by atoms with Crippen molar-refractivity contribution in [2.45, 2.75) is 39.6 Å². The smallest absolute Gasteiger partial charge is 0.258 e. The second kappa shape index (κ2) is 10.1. The van der Waals surface area contributed by atoms with Gasteiger partial charge >= 0.3 is 0 Å². The molecule has 3 heterocycles. The van der Waals surface area contributed by atoms with Crippen LogP contribution >= 0.6 is 0 Å². The minimum absolute atomic E-state index is 0.0974. The number of fused-ring (bicyclic) bond motifs is 3. The van der Waals surface area contributed by atoms with E-state index in [-0.39, 0.29) is 17.9 Å². The van der Waals surface area contributed by atoms with Gasteiger partial charge in [-0.2, -0.15) is 0 Å². The molecule has 2 N–H and O–H groups in total. The highest BCUT2D eigenvalue weighted by Crippen LogP contribution is 2.29. The maximum absolute atomic E-state index is 12.4. The van der Waals surface area contributed by atoms with Crippen LogP contribution in [0.25, 0.3) is 32.9 Å². The number of benzene rings is 1. The lowest BCUT2D eigenvalue weighted by Crippen LogP contribution is -2.49. The summed E-state index contributed by atoms with van der Waals surface area (Å²) >= 11 is 0. The minimum atomic E-state index is -0.528. The summed E-state index contributed by atoms with van der Waals surface area (Å²) in [7, 11) is 5.73. The van der Waals surface area contributed by atoms with Gasteiger partial charge in [0.05, 0.1) is 26.6 Å². The van der Waals surface area contributed by atoms with Crippen molar-refractivity contribution in [1.29, 1.82) is 0 Å². The average Bonchev–Trinajstić information content (AvgIpc) is 3.20. The molecule has 3 aromatic heterocycles. The predicted octanol–water partition coefficient (Wildman–Crippen LogP) is 4.68. The van der Waals surface area contributed by atoms with Crippen LogP contribution in [-0.4, -0.2) is 54.1 Å². The van der Waals surface area contributed by atoms with Gasteiger partial charge < -0.3 is 19.8 Å². The Labute approximate surface area is 207 Å². The zero-order valence-electron chi connectivity index (χ0n) is 20.7. The Bertz CT molecular complexity index is 1320. The molecule has 0 bridgehead atoms. The highest BCUT2D eigenvalue weighted by Gasteiger charge is 2.23. The van der Waals surface area contributed by atoms with Gasteiger partial charge in [-0.1, -0.05) is 32.3 Å². The maximum Gasteiger partial charge on any atom is 0.258 e. The fourth-order valence-corrected chi connectivity index (χ4v) is 3.79. The average molecular weight is 470 g/mol. The third-order valence-electron chi connectivity index (χ3n) is 5.81. The molecule has 0 aliphatic rings. The van der Waals surface area contributed by atoms with E-state index in [2.05, 4.69) is 38.5 Å². The van der Waals surface area contributed by atoms with Crippen LogP contribution in [0.5, 0.6) is 5.88 Å². The molecular weight excluding hydrogens is 439 g/mol. The summed E-state index contributed by atoms with van der Waals surface area (Å²) in [6, 6.07) is 11.9. The van der Waals surface area contributed by atoms with E-state index < -0.39 is 5.54 Å². The van der Waals surface area contributed by atoms with Crippen LogP contribution in [-0.2, 0) is 9.53 Å². The first-order chi connectivity index (χ1) is 16.7. The number of ether oxygens (including phenoxy) is 2. The largest absolute Gasteiger partial charge is 0.468 e. The van der Waals surface area contributed by atoms with Crippen LogP contribution in [0.1, 0.15) is 27.7 Å². The van der Waals surface area contributed by atoms with Crippen molar-refractivity contribution in [3.05, 3.63) is 55.0 Å². The van der Waals surface area contributed by atoms with Crippen LogP contribution in [0.2, 0.25) is 6.32 Å². The molecule has 0 aliphatic heterocycles. The van der Waals surface area contributed by atoms with Crippen molar-refractivity contribution in [1.82, 2.24) is 20.3 Å². The zero-order chi connectivity index (χ0) is 25.1. The van der Waals surface area contributed by atoms with E-state index in [1.54, 1.807) is 18.5 Å². The van der Waals surface area contributed by atoms with Gasteiger partial charge in [0.15, 0.2) is 6.61 Å². The van der Waals surface area contributed by atoms with Gasteiger partial charge in [0.25, 0.3) is 5.91 Å². The Hall–Kier alpha value is -3.39. The van der Waals surface area contributed by atoms with Crippen molar-refractivity contribution in [2.24, 2.45) is 5.41 Å². The number of H-pyrrole nitrogens is 1. The number of hydrogen-bond acceptors (Lipinski definition) is 5. The van der Waals surface area contributed by atoms with Crippen LogP contribution in [0, 0.1) is 5.41 Å². The van der Waals surface area contributed by atoms with E-state index in [9.17, 15) is 4.79 Å². The summed E-state index contributed by atoms with van der Waals surface area (Å²) in [4.78, 5) is 24.4. The summed E-state index contributed by atoms with van der Waals surface area (Å²) in [5.74, 6) is 0.154. The Morgan fingerprint density at radius 3 is 2.54 bits per heavy atom. The lowest BCUT2D eigenvalue weighted by molar-refractivity contribution is -0.125. The molecule has 1 aromatic carbocycles. The summed E-state index contributed by atoms with van der Waals surface area (Å²) in [6.07, 6.45) is 5.93. The molecule has 0 spiro atoms. The normalized spacial score (nSPS) is 12.2. The molecule has 8 heteroatoms.